The summed E-state index contributed by atoms with van der Waals surface area (Å²) in [7, 11) is 1.54. The second kappa shape index (κ2) is 5.71. The SMILES string of the molecule is COc1c(C)cccc1C(=O)Nc1ccc(Cl)cn1. The molecule has 5 heteroatoms. The molecule has 0 unspecified atom stereocenters. The summed E-state index contributed by atoms with van der Waals surface area (Å²) in [6.07, 6.45) is 1.48. The van der Waals surface area contributed by atoms with Crippen LogP contribution in [0.25, 0.3) is 0 Å². The summed E-state index contributed by atoms with van der Waals surface area (Å²) in [6.45, 7) is 1.89. The van der Waals surface area contributed by atoms with Crippen molar-refractivity contribution in [3.05, 3.63) is 52.7 Å². The summed E-state index contributed by atoms with van der Waals surface area (Å²) in [5.74, 6) is 0.738. The highest BCUT2D eigenvalue weighted by Gasteiger charge is 2.14. The molecule has 1 amide bonds. The summed E-state index contributed by atoms with van der Waals surface area (Å²) < 4.78 is 5.25. The van der Waals surface area contributed by atoms with E-state index in [2.05, 4.69) is 10.3 Å². The number of halogens is 1. The van der Waals surface area contributed by atoms with Crippen LogP contribution in [0.4, 0.5) is 5.82 Å². The first-order chi connectivity index (χ1) is 9.11. The number of anilines is 1. The van der Waals surface area contributed by atoms with Gasteiger partial charge in [0.1, 0.15) is 11.6 Å². The number of hydrogen-bond donors (Lipinski definition) is 1. The Balaban J connectivity index is 2.25. The molecule has 1 N–H and O–H groups in total. The molecular formula is C14H13ClN2O2. The third-order valence-electron chi connectivity index (χ3n) is 2.63. The van der Waals surface area contributed by atoms with Gasteiger partial charge < -0.3 is 10.1 Å². The van der Waals surface area contributed by atoms with Gasteiger partial charge in [0.15, 0.2) is 0 Å². The molecule has 0 aliphatic carbocycles. The van der Waals surface area contributed by atoms with Crippen LogP contribution in [0, 0.1) is 6.92 Å². The van der Waals surface area contributed by atoms with Gasteiger partial charge in [-0.15, -0.1) is 0 Å². The monoisotopic (exact) mass is 276 g/mol. The second-order valence-electron chi connectivity index (χ2n) is 3.97. The number of methoxy groups -OCH3 is 1. The maximum atomic E-state index is 12.2. The fraction of sp³-hybridized carbons (Fsp3) is 0.143. The number of carbonyl (C=O) groups excluding carboxylic acids is 1. The zero-order valence-electron chi connectivity index (χ0n) is 10.6. The van der Waals surface area contributed by atoms with Crippen LogP contribution in [0.15, 0.2) is 36.5 Å². The number of aryl methyl sites for hydroxylation is 1. The molecule has 0 spiro atoms. The number of aromatic nitrogens is 1. The molecular weight excluding hydrogens is 264 g/mol. The summed E-state index contributed by atoms with van der Waals surface area (Å²) in [6, 6.07) is 8.70. The summed E-state index contributed by atoms with van der Waals surface area (Å²) >= 11 is 5.74. The molecule has 1 heterocycles. The van der Waals surface area contributed by atoms with Crippen molar-refractivity contribution in [2.45, 2.75) is 6.92 Å². The molecule has 0 saturated carbocycles. The Kier molecular flexibility index (Phi) is 4.02. The van der Waals surface area contributed by atoms with Crippen LogP contribution in [0.3, 0.4) is 0 Å². The average Bonchev–Trinajstić information content (AvgIpc) is 2.41. The van der Waals surface area contributed by atoms with Crippen molar-refractivity contribution in [1.29, 1.82) is 0 Å². The van der Waals surface area contributed by atoms with E-state index in [0.717, 1.165) is 5.56 Å². The number of amides is 1. The van der Waals surface area contributed by atoms with Crippen LogP contribution >= 0.6 is 11.6 Å². The Morgan fingerprint density at radius 3 is 2.74 bits per heavy atom. The molecule has 0 radical (unpaired) electrons. The van der Waals surface area contributed by atoms with Crippen LogP contribution in [0.5, 0.6) is 5.75 Å². The van der Waals surface area contributed by atoms with E-state index < -0.39 is 0 Å². The van der Waals surface area contributed by atoms with E-state index in [1.165, 1.54) is 6.20 Å². The van der Waals surface area contributed by atoms with Crippen molar-refractivity contribution in [2.75, 3.05) is 12.4 Å². The highest BCUT2D eigenvalue weighted by Crippen LogP contribution is 2.23. The van der Waals surface area contributed by atoms with Gasteiger partial charge in [0, 0.05) is 6.20 Å². The van der Waals surface area contributed by atoms with Crippen LogP contribution in [0.2, 0.25) is 5.02 Å². The maximum absolute atomic E-state index is 12.2. The van der Waals surface area contributed by atoms with E-state index in [0.29, 0.717) is 22.2 Å². The standard InChI is InChI=1S/C14H13ClN2O2/c1-9-4-3-5-11(13(9)19-2)14(18)17-12-7-6-10(15)8-16-12/h3-8H,1-2H3,(H,16,17,18). The second-order valence-corrected chi connectivity index (χ2v) is 4.41. The lowest BCUT2D eigenvalue weighted by atomic mass is 10.1. The molecule has 0 aliphatic heterocycles. The molecule has 1 aromatic heterocycles. The topological polar surface area (TPSA) is 51.2 Å². The Morgan fingerprint density at radius 2 is 2.11 bits per heavy atom. The lowest BCUT2D eigenvalue weighted by Crippen LogP contribution is -2.14. The molecule has 0 saturated heterocycles. The molecule has 98 valence electrons. The number of nitrogens with one attached hydrogen (secondary N) is 1. The molecule has 19 heavy (non-hydrogen) atoms. The van der Waals surface area contributed by atoms with E-state index in [1.807, 2.05) is 19.1 Å². The number of nitrogens with zero attached hydrogens (tertiary/aromatic N) is 1. The molecule has 2 rings (SSSR count). The van der Waals surface area contributed by atoms with Gasteiger partial charge in [-0.1, -0.05) is 23.7 Å². The lowest BCUT2D eigenvalue weighted by Gasteiger charge is -2.11. The van der Waals surface area contributed by atoms with Gasteiger partial charge in [0.25, 0.3) is 5.91 Å². The highest BCUT2D eigenvalue weighted by atomic mass is 35.5. The largest absolute Gasteiger partial charge is 0.496 e. The van der Waals surface area contributed by atoms with Crippen molar-refractivity contribution >= 4 is 23.3 Å². The predicted molar refractivity (Wildman–Crippen MR) is 74.9 cm³/mol. The van der Waals surface area contributed by atoms with E-state index in [4.69, 9.17) is 16.3 Å². The zero-order valence-corrected chi connectivity index (χ0v) is 11.4. The first-order valence-corrected chi connectivity index (χ1v) is 6.06. The minimum atomic E-state index is -0.268. The van der Waals surface area contributed by atoms with Gasteiger partial charge in [-0.25, -0.2) is 4.98 Å². The van der Waals surface area contributed by atoms with Gasteiger partial charge in [0.2, 0.25) is 0 Å². The average molecular weight is 277 g/mol. The summed E-state index contributed by atoms with van der Waals surface area (Å²) in [5, 5.41) is 3.22. The van der Waals surface area contributed by atoms with E-state index in [9.17, 15) is 4.79 Å². The van der Waals surface area contributed by atoms with Crippen LogP contribution in [-0.2, 0) is 0 Å². The number of carbonyl (C=O) groups is 1. The Hall–Kier alpha value is -2.07. The maximum Gasteiger partial charge on any atom is 0.260 e. The predicted octanol–water partition coefficient (Wildman–Crippen LogP) is 3.30. The molecule has 0 aliphatic rings. The first-order valence-electron chi connectivity index (χ1n) is 5.68. The quantitative estimate of drug-likeness (QED) is 0.936. The number of hydrogen-bond acceptors (Lipinski definition) is 3. The summed E-state index contributed by atoms with van der Waals surface area (Å²) in [4.78, 5) is 16.2. The van der Waals surface area contributed by atoms with Crippen LogP contribution < -0.4 is 10.1 Å². The van der Waals surface area contributed by atoms with Crippen LogP contribution in [0.1, 0.15) is 15.9 Å². The van der Waals surface area contributed by atoms with E-state index in [1.54, 1.807) is 25.3 Å². The lowest BCUT2D eigenvalue weighted by molar-refractivity contribution is 0.102. The van der Waals surface area contributed by atoms with Crippen LogP contribution in [-0.4, -0.2) is 18.0 Å². The van der Waals surface area contributed by atoms with Crippen molar-refractivity contribution in [3.8, 4) is 5.75 Å². The fourth-order valence-electron chi connectivity index (χ4n) is 1.74. The molecule has 0 atom stereocenters. The Morgan fingerprint density at radius 1 is 1.32 bits per heavy atom. The highest BCUT2D eigenvalue weighted by molar-refractivity contribution is 6.30. The van der Waals surface area contributed by atoms with Crippen molar-refractivity contribution in [2.24, 2.45) is 0 Å². The van der Waals surface area contributed by atoms with Gasteiger partial charge in [-0.05, 0) is 30.7 Å². The third-order valence-corrected chi connectivity index (χ3v) is 2.85. The van der Waals surface area contributed by atoms with Crippen molar-refractivity contribution in [3.63, 3.8) is 0 Å². The zero-order chi connectivity index (χ0) is 13.8. The number of pyridine rings is 1. The molecule has 1 aromatic carbocycles. The van der Waals surface area contributed by atoms with E-state index >= 15 is 0 Å². The number of ether oxygens (including phenoxy) is 1. The minimum absolute atomic E-state index is 0.268. The number of benzene rings is 1. The number of rotatable bonds is 3. The molecule has 2 aromatic rings. The van der Waals surface area contributed by atoms with Gasteiger partial charge >= 0.3 is 0 Å². The Bertz CT molecular complexity index is 597. The van der Waals surface area contributed by atoms with Crippen molar-refractivity contribution < 1.29 is 9.53 Å². The van der Waals surface area contributed by atoms with Gasteiger partial charge in [-0.3, -0.25) is 4.79 Å². The number of para-hydroxylation sites is 1. The minimum Gasteiger partial charge on any atom is -0.496 e. The van der Waals surface area contributed by atoms with Gasteiger partial charge in [-0.2, -0.15) is 0 Å². The molecule has 4 nitrogen and oxygen atoms in total. The fourth-order valence-corrected chi connectivity index (χ4v) is 1.85. The Labute approximate surface area is 116 Å². The molecule has 0 bridgehead atoms. The molecule has 0 fully saturated rings. The normalized spacial score (nSPS) is 10.1. The van der Waals surface area contributed by atoms with E-state index in [-0.39, 0.29) is 5.91 Å². The third kappa shape index (κ3) is 3.03. The first kappa shape index (κ1) is 13.4. The van der Waals surface area contributed by atoms with Crippen molar-refractivity contribution in [1.82, 2.24) is 4.98 Å². The summed E-state index contributed by atoms with van der Waals surface area (Å²) in [5.41, 5.74) is 1.37. The smallest absolute Gasteiger partial charge is 0.260 e. The van der Waals surface area contributed by atoms with Gasteiger partial charge in [0.05, 0.1) is 17.7 Å².